The molecule has 0 unspecified atom stereocenters. The van der Waals surface area contributed by atoms with Crippen molar-refractivity contribution in [3.8, 4) is 23.0 Å². The summed E-state index contributed by atoms with van der Waals surface area (Å²) in [5, 5.41) is 5.93. The minimum atomic E-state index is -0.350. The van der Waals surface area contributed by atoms with E-state index in [2.05, 4.69) is 15.1 Å². The highest BCUT2D eigenvalue weighted by Gasteiger charge is 2.13. The second kappa shape index (κ2) is 4.19. The molecule has 0 radical (unpaired) electrons. The van der Waals surface area contributed by atoms with Gasteiger partial charge in [-0.3, -0.25) is 0 Å². The topological polar surface area (TPSA) is 77.8 Å². The first-order valence-electron chi connectivity index (χ1n) is 5.03. The maximum atomic E-state index is 13.1. The Balaban J connectivity index is 1.99. The molecule has 0 aliphatic rings. The summed E-state index contributed by atoms with van der Waals surface area (Å²) in [4.78, 5) is 8.18. The molecule has 0 amide bonds. The largest absolute Gasteiger partial charge is 0.375 e. The van der Waals surface area contributed by atoms with Crippen LogP contribution < -0.4 is 5.73 Å². The zero-order valence-electron chi connectivity index (χ0n) is 9.00. The molecule has 0 bridgehead atoms. The highest BCUT2D eigenvalue weighted by atomic mass is 32.1. The molecule has 90 valence electrons. The Morgan fingerprint density at radius 1 is 1.28 bits per heavy atom. The quantitative estimate of drug-likeness (QED) is 0.768. The van der Waals surface area contributed by atoms with Gasteiger partial charge in [0.25, 0.3) is 5.89 Å². The first-order chi connectivity index (χ1) is 8.72. The van der Waals surface area contributed by atoms with E-state index in [4.69, 9.17) is 10.3 Å². The summed E-state index contributed by atoms with van der Waals surface area (Å²) in [5.41, 5.74) is 6.59. The van der Waals surface area contributed by atoms with Crippen LogP contribution in [-0.2, 0) is 0 Å². The van der Waals surface area contributed by atoms with Crippen LogP contribution in [0.5, 0.6) is 0 Å². The summed E-state index contributed by atoms with van der Waals surface area (Å²) in [7, 11) is 0. The maximum Gasteiger partial charge on any atom is 0.277 e. The van der Waals surface area contributed by atoms with Crippen LogP contribution >= 0.6 is 11.3 Å². The lowest BCUT2D eigenvalue weighted by molar-refractivity contribution is 0.431. The molecule has 0 fully saturated rings. The molecule has 2 N–H and O–H groups in total. The first-order valence-corrected chi connectivity index (χ1v) is 5.91. The van der Waals surface area contributed by atoms with E-state index < -0.39 is 0 Å². The van der Waals surface area contributed by atoms with E-state index in [9.17, 15) is 4.39 Å². The molecule has 0 atom stereocenters. The standard InChI is InChI=1S/C11H7FN4OS/c12-7-3-1-2-6(4-7)9-15-10(17-16-9)8-5-18-11(13)14-8/h1-5H,(H2,13,14). The lowest BCUT2D eigenvalue weighted by atomic mass is 10.2. The summed E-state index contributed by atoms with van der Waals surface area (Å²) in [6.45, 7) is 0. The van der Waals surface area contributed by atoms with E-state index in [1.54, 1.807) is 17.5 Å². The predicted molar refractivity (Wildman–Crippen MR) is 65.2 cm³/mol. The normalized spacial score (nSPS) is 10.7. The summed E-state index contributed by atoms with van der Waals surface area (Å²) in [5.74, 6) is 0.232. The number of nitrogens with zero attached hydrogens (tertiary/aromatic N) is 3. The van der Waals surface area contributed by atoms with Crippen molar-refractivity contribution >= 4 is 16.5 Å². The molecule has 0 aliphatic carbocycles. The Bertz CT molecular complexity index is 694. The number of halogens is 1. The molecule has 0 saturated heterocycles. The van der Waals surface area contributed by atoms with Gasteiger partial charge in [-0.05, 0) is 12.1 Å². The fourth-order valence-corrected chi connectivity index (χ4v) is 2.00. The van der Waals surface area contributed by atoms with Crippen LogP contribution in [0.15, 0.2) is 34.2 Å². The van der Waals surface area contributed by atoms with Crippen LogP contribution in [0.1, 0.15) is 0 Å². The summed E-state index contributed by atoms with van der Waals surface area (Å²) < 4.78 is 18.1. The van der Waals surface area contributed by atoms with Gasteiger partial charge in [-0.2, -0.15) is 4.98 Å². The van der Waals surface area contributed by atoms with Gasteiger partial charge in [0, 0.05) is 10.9 Å². The van der Waals surface area contributed by atoms with Crippen LogP contribution in [0, 0.1) is 5.82 Å². The Labute approximate surface area is 105 Å². The van der Waals surface area contributed by atoms with Gasteiger partial charge in [-0.25, -0.2) is 9.37 Å². The molecule has 3 aromatic rings. The minimum Gasteiger partial charge on any atom is -0.375 e. The van der Waals surface area contributed by atoms with Gasteiger partial charge in [-0.15, -0.1) is 11.3 Å². The van der Waals surface area contributed by atoms with Gasteiger partial charge in [-0.1, -0.05) is 17.3 Å². The first kappa shape index (κ1) is 10.8. The van der Waals surface area contributed by atoms with Crippen LogP contribution in [-0.4, -0.2) is 15.1 Å². The molecular formula is C11H7FN4OS. The van der Waals surface area contributed by atoms with E-state index in [-0.39, 0.29) is 11.7 Å². The van der Waals surface area contributed by atoms with Crippen molar-refractivity contribution in [2.75, 3.05) is 5.73 Å². The van der Waals surface area contributed by atoms with E-state index in [1.165, 1.54) is 23.5 Å². The number of hydrogen-bond donors (Lipinski definition) is 1. The zero-order chi connectivity index (χ0) is 12.5. The van der Waals surface area contributed by atoms with E-state index in [0.29, 0.717) is 22.2 Å². The van der Waals surface area contributed by atoms with Crippen molar-refractivity contribution in [2.24, 2.45) is 0 Å². The van der Waals surface area contributed by atoms with E-state index in [1.807, 2.05) is 0 Å². The lowest BCUT2D eigenvalue weighted by Gasteiger charge is -1.92. The Morgan fingerprint density at radius 3 is 2.89 bits per heavy atom. The van der Waals surface area contributed by atoms with Crippen LogP contribution in [0.3, 0.4) is 0 Å². The summed E-state index contributed by atoms with van der Waals surface area (Å²) in [6.07, 6.45) is 0. The molecule has 0 saturated carbocycles. The van der Waals surface area contributed by atoms with E-state index in [0.717, 1.165) is 0 Å². The number of rotatable bonds is 2. The second-order valence-corrected chi connectivity index (χ2v) is 4.39. The zero-order valence-corrected chi connectivity index (χ0v) is 9.82. The molecule has 0 spiro atoms. The number of hydrogen-bond acceptors (Lipinski definition) is 6. The Morgan fingerprint density at radius 2 is 2.17 bits per heavy atom. The van der Waals surface area contributed by atoms with Gasteiger partial charge in [0.05, 0.1) is 0 Å². The van der Waals surface area contributed by atoms with Gasteiger partial charge in [0.15, 0.2) is 5.13 Å². The molecule has 2 heterocycles. The summed E-state index contributed by atoms with van der Waals surface area (Å²) in [6, 6.07) is 5.98. The van der Waals surface area contributed by atoms with Crippen LogP contribution in [0.2, 0.25) is 0 Å². The van der Waals surface area contributed by atoms with Gasteiger partial charge >= 0.3 is 0 Å². The fraction of sp³-hybridized carbons (Fsp3) is 0. The maximum absolute atomic E-state index is 13.1. The minimum absolute atomic E-state index is 0.266. The second-order valence-electron chi connectivity index (χ2n) is 3.50. The van der Waals surface area contributed by atoms with Crippen LogP contribution in [0.4, 0.5) is 9.52 Å². The van der Waals surface area contributed by atoms with Gasteiger partial charge < -0.3 is 10.3 Å². The van der Waals surface area contributed by atoms with Gasteiger partial charge in [0.1, 0.15) is 11.5 Å². The van der Waals surface area contributed by atoms with Crippen molar-refractivity contribution < 1.29 is 8.91 Å². The third-order valence-corrected chi connectivity index (χ3v) is 2.92. The number of benzene rings is 1. The lowest BCUT2D eigenvalue weighted by Crippen LogP contribution is -1.84. The third kappa shape index (κ3) is 1.95. The number of nitrogen functional groups attached to an aromatic ring is 1. The molecule has 1 aromatic carbocycles. The van der Waals surface area contributed by atoms with Crippen molar-refractivity contribution in [1.29, 1.82) is 0 Å². The Kier molecular flexibility index (Phi) is 2.52. The van der Waals surface area contributed by atoms with Gasteiger partial charge in [0.2, 0.25) is 5.82 Å². The predicted octanol–water partition coefficient (Wildman–Crippen LogP) is 2.58. The highest BCUT2D eigenvalue weighted by molar-refractivity contribution is 7.13. The summed E-state index contributed by atoms with van der Waals surface area (Å²) >= 11 is 1.29. The molecular weight excluding hydrogens is 255 g/mol. The molecule has 0 aliphatic heterocycles. The average molecular weight is 262 g/mol. The van der Waals surface area contributed by atoms with Crippen molar-refractivity contribution in [2.45, 2.75) is 0 Å². The SMILES string of the molecule is Nc1nc(-c2nc(-c3cccc(F)c3)no2)cs1. The number of nitrogens with two attached hydrogens (primary N) is 1. The number of anilines is 1. The van der Waals surface area contributed by atoms with Crippen molar-refractivity contribution in [3.63, 3.8) is 0 Å². The molecule has 3 rings (SSSR count). The molecule has 18 heavy (non-hydrogen) atoms. The Hall–Kier alpha value is -2.28. The van der Waals surface area contributed by atoms with Crippen molar-refractivity contribution in [3.05, 3.63) is 35.5 Å². The molecule has 5 nitrogen and oxygen atoms in total. The average Bonchev–Trinajstić information content (AvgIpc) is 2.97. The molecule has 7 heteroatoms. The smallest absolute Gasteiger partial charge is 0.277 e. The monoisotopic (exact) mass is 262 g/mol. The van der Waals surface area contributed by atoms with E-state index >= 15 is 0 Å². The number of thiazole rings is 1. The van der Waals surface area contributed by atoms with Crippen molar-refractivity contribution in [1.82, 2.24) is 15.1 Å². The number of aromatic nitrogens is 3. The third-order valence-electron chi connectivity index (χ3n) is 2.25. The highest BCUT2D eigenvalue weighted by Crippen LogP contribution is 2.24. The molecule has 2 aromatic heterocycles. The van der Waals surface area contributed by atoms with Crippen LogP contribution in [0.25, 0.3) is 23.0 Å². The fourth-order valence-electron chi connectivity index (χ4n) is 1.46.